The van der Waals surface area contributed by atoms with Crippen LogP contribution in [0.5, 0.6) is 0 Å². The number of imidazole rings is 1. The van der Waals surface area contributed by atoms with E-state index in [2.05, 4.69) is 20.6 Å². The van der Waals surface area contributed by atoms with Gasteiger partial charge in [-0.15, -0.1) is 0 Å². The van der Waals surface area contributed by atoms with Crippen LogP contribution in [0.1, 0.15) is 45.2 Å². The molecule has 4 atom stereocenters. The summed E-state index contributed by atoms with van der Waals surface area (Å²) in [5.41, 5.74) is 11.7. The van der Waals surface area contributed by atoms with Crippen molar-refractivity contribution in [3.63, 3.8) is 0 Å². The first-order valence-corrected chi connectivity index (χ1v) is 11.1. The van der Waals surface area contributed by atoms with Crippen molar-refractivity contribution in [2.45, 2.75) is 70.1 Å². The summed E-state index contributed by atoms with van der Waals surface area (Å²) in [6.45, 7) is 4.22. The molecule has 34 heavy (non-hydrogen) atoms. The van der Waals surface area contributed by atoms with E-state index >= 15 is 0 Å². The Morgan fingerprint density at radius 1 is 1.24 bits per heavy atom. The molecule has 1 aromatic heterocycles. The molecule has 1 saturated heterocycles. The number of nitrogens with two attached hydrogens (primary N) is 2. The molecule has 1 aliphatic rings. The number of carbonyl (C=O) groups is 5. The van der Waals surface area contributed by atoms with Gasteiger partial charge in [0.05, 0.1) is 18.8 Å². The Hall–Kier alpha value is -3.48. The van der Waals surface area contributed by atoms with Gasteiger partial charge in [-0.05, 0) is 25.2 Å². The summed E-state index contributed by atoms with van der Waals surface area (Å²) in [4.78, 5) is 69.6. The number of aromatic amines is 1. The molecule has 13 heteroatoms. The van der Waals surface area contributed by atoms with E-state index < -0.39 is 54.3 Å². The first kappa shape index (κ1) is 26.8. The molecule has 1 aliphatic heterocycles. The van der Waals surface area contributed by atoms with Crippen LogP contribution in [-0.2, 0) is 30.4 Å². The van der Waals surface area contributed by atoms with Crippen molar-refractivity contribution in [1.82, 2.24) is 25.5 Å². The molecular formula is C21H33N7O6. The van der Waals surface area contributed by atoms with Crippen LogP contribution in [0.15, 0.2) is 12.5 Å². The normalized spacial score (nSPS) is 18.2. The van der Waals surface area contributed by atoms with Gasteiger partial charge in [0.2, 0.25) is 23.6 Å². The van der Waals surface area contributed by atoms with Gasteiger partial charge in [-0.2, -0.15) is 0 Å². The summed E-state index contributed by atoms with van der Waals surface area (Å²) < 4.78 is 0. The van der Waals surface area contributed by atoms with Crippen LogP contribution in [0.3, 0.4) is 0 Å². The van der Waals surface area contributed by atoms with E-state index in [1.807, 2.05) is 13.8 Å². The predicted octanol–water partition coefficient (Wildman–Crippen LogP) is -1.75. The predicted molar refractivity (Wildman–Crippen MR) is 120 cm³/mol. The number of H-pyrrole nitrogens is 1. The number of aromatic nitrogens is 2. The third-order valence-electron chi connectivity index (χ3n) is 5.51. The Labute approximate surface area is 197 Å². The first-order valence-electron chi connectivity index (χ1n) is 11.1. The fourth-order valence-electron chi connectivity index (χ4n) is 3.89. The second-order valence-corrected chi connectivity index (χ2v) is 8.84. The van der Waals surface area contributed by atoms with Gasteiger partial charge < -0.3 is 37.1 Å². The quantitative estimate of drug-likeness (QED) is 0.202. The summed E-state index contributed by atoms with van der Waals surface area (Å²) in [6, 6.07) is -4.35. The lowest BCUT2D eigenvalue weighted by Crippen LogP contribution is -2.57. The zero-order chi connectivity index (χ0) is 25.4. The Morgan fingerprint density at radius 2 is 1.94 bits per heavy atom. The molecule has 0 spiro atoms. The smallest absolute Gasteiger partial charge is 0.326 e. The third kappa shape index (κ3) is 7.54. The topological polar surface area (TPSA) is 214 Å². The summed E-state index contributed by atoms with van der Waals surface area (Å²) in [7, 11) is 0. The number of nitrogens with one attached hydrogen (secondary N) is 3. The van der Waals surface area contributed by atoms with E-state index in [4.69, 9.17) is 11.5 Å². The number of hydrogen-bond donors (Lipinski definition) is 6. The van der Waals surface area contributed by atoms with Crippen molar-refractivity contribution in [1.29, 1.82) is 0 Å². The maximum Gasteiger partial charge on any atom is 0.326 e. The lowest BCUT2D eigenvalue weighted by atomic mass is 10.0. The van der Waals surface area contributed by atoms with Crippen molar-refractivity contribution in [2.75, 3.05) is 6.54 Å². The fraction of sp³-hybridized carbons (Fsp3) is 0.619. The molecule has 0 saturated carbocycles. The molecule has 1 aromatic rings. The van der Waals surface area contributed by atoms with Crippen molar-refractivity contribution >= 4 is 29.6 Å². The molecule has 1 fully saturated rings. The van der Waals surface area contributed by atoms with Crippen molar-refractivity contribution in [3.05, 3.63) is 18.2 Å². The molecule has 0 radical (unpaired) electrons. The average Bonchev–Trinajstić information content (AvgIpc) is 3.43. The lowest BCUT2D eigenvalue weighted by Gasteiger charge is -2.28. The van der Waals surface area contributed by atoms with Crippen LogP contribution < -0.4 is 22.1 Å². The largest absolute Gasteiger partial charge is 0.480 e. The summed E-state index contributed by atoms with van der Waals surface area (Å²) in [5.74, 6) is -3.84. The molecule has 2 rings (SSSR count). The highest BCUT2D eigenvalue weighted by Gasteiger charge is 2.38. The highest BCUT2D eigenvalue weighted by Crippen LogP contribution is 2.20. The summed E-state index contributed by atoms with van der Waals surface area (Å²) >= 11 is 0. The summed E-state index contributed by atoms with van der Waals surface area (Å²) in [6.07, 6.45) is 3.57. The molecule has 4 amide bonds. The second kappa shape index (κ2) is 12.1. The molecule has 2 heterocycles. The number of hydrogen-bond acceptors (Lipinski definition) is 7. The van der Waals surface area contributed by atoms with Crippen LogP contribution in [0.2, 0.25) is 0 Å². The minimum absolute atomic E-state index is 0.0864. The number of amides is 4. The number of carboxylic acid groups (broad SMARTS) is 1. The molecular weight excluding hydrogens is 446 g/mol. The Bertz CT molecular complexity index is 888. The number of aliphatic carboxylic acids is 1. The van der Waals surface area contributed by atoms with Crippen molar-refractivity contribution in [3.8, 4) is 0 Å². The van der Waals surface area contributed by atoms with Crippen LogP contribution >= 0.6 is 0 Å². The van der Waals surface area contributed by atoms with E-state index in [0.29, 0.717) is 31.5 Å². The fourth-order valence-corrected chi connectivity index (χ4v) is 3.89. The standard InChI is InChI=1S/C21H33N7O6/c1-11(2)6-13(22)20(32)28-5-3-4-16(28)19(31)26-14(8-17(23)29)18(30)27-15(21(33)34)7-12-9-24-10-25-12/h9-11,13-16H,3-8,22H2,1-2H3,(H2,23,29)(H,24,25)(H,26,31)(H,27,30)(H,33,34). The van der Waals surface area contributed by atoms with Crippen LogP contribution in [0.4, 0.5) is 0 Å². The summed E-state index contributed by atoms with van der Waals surface area (Å²) in [5, 5.41) is 14.2. The molecule has 0 aliphatic carbocycles. The monoisotopic (exact) mass is 479 g/mol. The van der Waals surface area contributed by atoms with Gasteiger partial charge in [0.1, 0.15) is 18.1 Å². The minimum Gasteiger partial charge on any atom is -0.480 e. The van der Waals surface area contributed by atoms with Gasteiger partial charge in [0.25, 0.3) is 0 Å². The molecule has 0 bridgehead atoms. The lowest BCUT2D eigenvalue weighted by molar-refractivity contribution is -0.143. The first-order chi connectivity index (χ1) is 16.0. The Morgan fingerprint density at radius 3 is 2.50 bits per heavy atom. The van der Waals surface area contributed by atoms with Crippen molar-refractivity contribution in [2.24, 2.45) is 17.4 Å². The minimum atomic E-state index is -1.41. The van der Waals surface area contributed by atoms with Gasteiger partial charge in [0, 0.05) is 24.9 Å². The number of rotatable bonds is 12. The molecule has 8 N–H and O–H groups in total. The number of likely N-dealkylation sites (tertiary alicyclic amines) is 1. The van der Waals surface area contributed by atoms with Crippen molar-refractivity contribution < 1.29 is 29.1 Å². The number of carboxylic acids is 1. The highest BCUT2D eigenvalue weighted by atomic mass is 16.4. The maximum absolute atomic E-state index is 13.0. The van der Waals surface area contributed by atoms with E-state index in [1.54, 1.807) is 0 Å². The zero-order valence-electron chi connectivity index (χ0n) is 19.3. The van der Waals surface area contributed by atoms with E-state index in [9.17, 15) is 29.1 Å². The SMILES string of the molecule is CC(C)CC(N)C(=O)N1CCCC1C(=O)NC(CC(N)=O)C(=O)NC(Cc1cnc[nH]1)C(=O)O. The molecule has 4 unspecified atom stereocenters. The molecule has 13 nitrogen and oxygen atoms in total. The Balaban J connectivity index is 2.09. The average molecular weight is 480 g/mol. The maximum atomic E-state index is 13.0. The Kier molecular flexibility index (Phi) is 9.54. The third-order valence-corrected chi connectivity index (χ3v) is 5.51. The van der Waals surface area contributed by atoms with E-state index in [1.165, 1.54) is 17.4 Å². The van der Waals surface area contributed by atoms with E-state index in [0.717, 1.165) is 0 Å². The van der Waals surface area contributed by atoms with Crippen LogP contribution in [0, 0.1) is 5.92 Å². The second-order valence-electron chi connectivity index (χ2n) is 8.84. The number of carbonyl (C=O) groups excluding carboxylic acids is 4. The number of nitrogens with zero attached hydrogens (tertiary/aromatic N) is 2. The van der Waals surface area contributed by atoms with Crippen LogP contribution in [0.25, 0.3) is 0 Å². The van der Waals surface area contributed by atoms with Gasteiger partial charge in [-0.25, -0.2) is 9.78 Å². The molecule has 0 aromatic carbocycles. The van der Waals surface area contributed by atoms with Gasteiger partial charge in [-0.3, -0.25) is 19.2 Å². The zero-order valence-corrected chi connectivity index (χ0v) is 19.3. The number of primary amides is 1. The van der Waals surface area contributed by atoms with Gasteiger partial charge in [-0.1, -0.05) is 13.8 Å². The highest BCUT2D eigenvalue weighted by molar-refractivity contribution is 5.96. The van der Waals surface area contributed by atoms with Gasteiger partial charge >= 0.3 is 5.97 Å². The van der Waals surface area contributed by atoms with E-state index in [-0.39, 0.29) is 18.2 Å². The van der Waals surface area contributed by atoms with Crippen LogP contribution in [-0.4, -0.2) is 80.3 Å². The molecule has 188 valence electrons. The van der Waals surface area contributed by atoms with Gasteiger partial charge in [0.15, 0.2) is 0 Å².